The highest BCUT2D eigenvalue weighted by Gasteiger charge is 2.44. The molecule has 1 amide bonds. The van der Waals surface area contributed by atoms with Crippen LogP contribution in [0.5, 0.6) is 11.5 Å². The summed E-state index contributed by atoms with van der Waals surface area (Å²) in [6, 6.07) is 9.58. The Bertz CT molecular complexity index is 918. The summed E-state index contributed by atoms with van der Waals surface area (Å²) in [5.74, 6) is 1.32. The zero-order valence-electron chi connectivity index (χ0n) is 18.0. The summed E-state index contributed by atoms with van der Waals surface area (Å²) >= 11 is 6.40. The normalized spacial score (nSPS) is 18.3. The molecule has 1 aromatic carbocycles. The van der Waals surface area contributed by atoms with Gasteiger partial charge in [0.05, 0.1) is 19.3 Å². The van der Waals surface area contributed by atoms with Gasteiger partial charge in [-0.3, -0.25) is 9.69 Å². The Hall–Kier alpha value is -2.18. The molecule has 6 nitrogen and oxygen atoms in total. The Morgan fingerprint density at radius 1 is 1.10 bits per heavy atom. The van der Waals surface area contributed by atoms with Crippen LogP contribution in [0.2, 0.25) is 5.15 Å². The van der Waals surface area contributed by atoms with E-state index >= 15 is 0 Å². The highest BCUT2D eigenvalue weighted by atomic mass is 35.5. The van der Waals surface area contributed by atoms with E-state index in [1.807, 2.05) is 23.1 Å². The van der Waals surface area contributed by atoms with Gasteiger partial charge in [0.25, 0.3) is 5.91 Å². The van der Waals surface area contributed by atoms with Crippen LogP contribution in [0.1, 0.15) is 42.2 Å². The highest BCUT2D eigenvalue weighted by Crippen LogP contribution is 2.42. The first-order valence-electron chi connectivity index (χ1n) is 10.7. The molecule has 2 aromatic rings. The standard InChI is InChI=1S/C23H30ClN3O3/c1-4-15-30-19-16-17(5-6-18(19)29-3)22(28)26-11-9-23(10-12-26)20-7-8-21(24)27(20)14-13-25(23)2/h5-8,16H,4,9-15H2,1-3H3. The molecule has 0 unspecified atom stereocenters. The lowest BCUT2D eigenvalue weighted by molar-refractivity contribution is 0.0131. The van der Waals surface area contributed by atoms with E-state index < -0.39 is 0 Å². The maximum atomic E-state index is 13.2. The van der Waals surface area contributed by atoms with Crippen LogP contribution < -0.4 is 9.47 Å². The van der Waals surface area contributed by atoms with Crippen molar-refractivity contribution in [1.82, 2.24) is 14.4 Å². The summed E-state index contributed by atoms with van der Waals surface area (Å²) in [4.78, 5) is 17.6. The van der Waals surface area contributed by atoms with Crippen LogP contribution in [0.3, 0.4) is 0 Å². The molecule has 0 N–H and O–H groups in total. The summed E-state index contributed by atoms with van der Waals surface area (Å²) in [5.41, 5.74) is 1.85. The molecule has 162 valence electrons. The Morgan fingerprint density at radius 2 is 1.87 bits per heavy atom. The first-order valence-corrected chi connectivity index (χ1v) is 11.0. The molecule has 7 heteroatoms. The van der Waals surface area contributed by atoms with Gasteiger partial charge < -0.3 is 18.9 Å². The minimum absolute atomic E-state index is 0.0423. The molecular weight excluding hydrogens is 402 g/mol. The van der Waals surface area contributed by atoms with Gasteiger partial charge in [0.15, 0.2) is 11.5 Å². The van der Waals surface area contributed by atoms with E-state index in [0.717, 1.165) is 37.5 Å². The van der Waals surface area contributed by atoms with Gasteiger partial charge in [-0.05, 0) is 56.6 Å². The summed E-state index contributed by atoms with van der Waals surface area (Å²) < 4.78 is 13.4. The third kappa shape index (κ3) is 3.56. The second-order valence-corrected chi connectivity index (χ2v) is 8.54. The van der Waals surface area contributed by atoms with Gasteiger partial charge in [0.2, 0.25) is 0 Å². The number of likely N-dealkylation sites (tertiary alicyclic amines) is 1. The van der Waals surface area contributed by atoms with Crippen molar-refractivity contribution in [3.8, 4) is 11.5 Å². The molecule has 0 saturated carbocycles. The van der Waals surface area contributed by atoms with Crippen molar-refractivity contribution >= 4 is 17.5 Å². The largest absolute Gasteiger partial charge is 0.493 e. The van der Waals surface area contributed by atoms with Crippen molar-refractivity contribution in [1.29, 1.82) is 0 Å². The van der Waals surface area contributed by atoms with Crippen molar-refractivity contribution in [2.24, 2.45) is 0 Å². The van der Waals surface area contributed by atoms with E-state index in [2.05, 4.69) is 29.5 Å². The van der Waals surface area contributed by atoms with Crippen molar-refractivity contribution in [3.05, 3.63) is 46.7 Å². The van der Waals surface area contributed by atoms with Crippen molar-refractivity contribution in [3.63, 3.8) is 0 Å². The minimum atomic E-state index is -0.0581. The Balaban J connectivity index is 1.51. The van der Waals surface area contributed by atoms with Crippen LogP contribution in [-0.4, -0.2) is 60.7 Å². The Labute approximate surface area is 183 Å². The number of amides is 1. The van der Waals surface area contributed by atoms with Crippen LogP contribution in [0.4, 0.5) is 0 Å². The number of rotatable bonds is 5. The fourth-order valence-corrected chi connectivity index (χ4v) is 5.01. The molecule has 0 radical (unpaired) electrons. The third-order valence-corrected chi connectivity index (χ3v) is 6.87. The van der Waals surface area contributed by atoms with E-state index in [1.54, 1.807) is 13.2 Å². The van der Waals surface area contributed by atoms with E-state index in [0.29, 0.717) is 36.8 Å². The fourth-order valence-electron chi connectivity index (χ4n) is 4.77. The van der Waals surface area contributed by atoms with Crippen molar-refractivity contribution < 1.29 is 14.3 Å². The summed E-state index contributed by atoms with van der Waals surface area (Å²) in [6.45, 7) is 5.94. The maximum absolute atomic E-state index is 13.2. The van der Waals surface area contributed by atoms with Gasteiger partial charge in [-0.2, -0.15) is 0 Å². The molecular formula is C23H30ClN3O3. The number of halogens is 1. The number of hydrogen-bond acceptors (Lipinski definition) is 4. The van der Waals surface area contributed by atoms with Crippen LogP contribution in [0.15, 0.2) is 30.3 Å². The molecule has 1 saturated heterocycles. The molecule has 0 bridgehead atoms. The molecule has 1 aromatic heterocycles. The van der Waals surface area contributed by atoms with Gasteiger partial charge >= 0.3 is 0 Å². The molecule has 2 aliphatic heterocycles. The summed E-state index contributed by atoms with van der Waals surface area (Å²) in [7, 11) is 3.80. The second-order valence-electron chi connectivity index (χ2n) is 8.15. The van der Waals surface area contributed by atoms with Crippen LogP contribution in [0, 0.1) is 0 Å². The zero-order chi connectivity index (χ0) is 21.3. The molecule has 0 atom stereocenters. The number of carbonyl (C=O) groups is 1. The Kier molecular flexibility index (Phi) is 5.98. The lowest BCUT2D eigenvalue weighted by atomic mass is 9.81. The predicted molar refractivity (Wildman–Crippen MR) is 118 cm³/mol. The van der Waals surface area contributed by atoms with Gasteiger partial charge in [-0.1, -0.05) is 18.5 Å². The lowest BCUT2D eigenvalue weighted by Gasteiger charge is -2.50. The van der Waals surface area contributed by atoms with Crippen molar-refractivity contribution in [2.75, 3.05) is 40.4 Å². The fraction of sp³-hybridized carbons (Fsp3) is 0.522. The number of fused-ring (bicyclic) bond motifs is 2. The quantitative estimate of drug-likeness (QED) is 0.717. The number of carbonyl (C=O) groups excluding carboxylic acids is 1. The topological polar surface area (TPSA) is 46.9 Å². The Morgan fingerprint density at radius 3 is 2.57 bits per heavy atom. The molecule has 30 heavy (non-hydrogen) atoms. The molecule has 3 heterocycles. The van der Waals surface area contributed by atoms with Crippen LogP contribution in [-0.2, 0) is 12.1 Å². The second kappa shape index (κ2) is 8.52. The highest BCUT2D eigenvalue weighted by molar-refractivity contribution is 6.29. The molecule has 0 aliphatic carbocycles. The van der Waals surface area contributed by atoms with Crippen molar-refractivity contribution in [2.45, 2.75) is 38.3 Å². The van der Waals surface area contributed by atoms with E-state index in [4.69, 9.17) is 21.1 Å². The predicted octanol–water partition coefficient (Wildman–Crippen LogP) is 4.02. The van der Waals surface area contributed by atoms with Gasteiger partial charge in [-0.25, -0.2) is 0 Å². The van der Waals surface area contributed by atoms with Gasteiger partial charge in [0, 0.05) is 37.4 Å². The average Bonchev–Trinajstić information content (AvgIpc) is 3.16. The molecule has 1 fully saturated rings. The van der Waals surface area contributed by atoms with Gasteiger partial charge in [-0.15, -0.1) is 0 Å². The number of benzene rings is 1. The summed E-state index contributed by atoms with van der Waals surface area (Å²) in [6.07, 6.45) is 2.69. The molecule has 2 aliphatic rings. The average molecular weight is 432 g/mol. The smallest absolute Gasteiger partial charge is 0.253 e. The third-order valence-electron chi connectivity index (χ3n) is 6.54. The van der Waals surface area contributed by atoms with Crippen LogP contribution >= 0.6 is 11.6 Å². The number of aromatic nitrogens is 1. The first-order chi connectivity index (χ1) is 14.5. The number of nitrogens with zero attached hydrogens (tertiary/aromatic N) is 3. The van der Waals surface area contributed by atoms with E-state index in [9.17, 15) is 4.79 Å². The molecule has 4 rings (SSSR count). The number of ether oxygens (including phenoxy) is 2. The molecule has 1 spiro atoms. The monoisotopic (exact) mass is 431 g/mol. The number of piperidine rings is 1. The van der Waals surface area contributed by atoms with E-state index in [1.165, 1.54) is 5.69 Å². The van der Waals surface area contributed by atoms with E-state index in [-0.39, 0.29) is 11.4 Å². The number of methoxy groups -OCH3 is 1. The lowest BCUT2D eigenvalue weighted by Crippen LogP contribution is -2.56. The van der Waals surface area contributed by atoms with Crippen LogP contribution in [0.25, 0.3) is 0 Å². The minimum Gasteiger partial charge on any atom is -0.493 e. The first kappa shape index (κ1) is 21.1. The van der Waals surface area contributed by atoms with Gasteiger partial charge in [0.1, 0.15) is 5.15 Å². The number of hydrogen-bond donors (Lipinski definition) is 0. The SMILES string of the molecule is CCCOc1cc(C(=O)N2CCC3(CC2)c2ccc(Cl)n2CCN3C)ccc1OC. The number of likely N-dealkylation sites (N-methyl/N-ethyl adjacent to an activating group) is 1. The zero-order valence-corrected chi connectivity index (χ0v) is 18.7. The summed E-state index contributed by atoms with van der Waals surface area (Å²) in [5, 5.41) is 0.800. The maximum Gasteiger partial charge on any atom is 0.253 e.